The maximum absolute atomic E-state index is 11.4. The van der Waals surface area contributed by atoms with Crippen LogP contribution >= 0.6 is 0 Å². The fourth-order valence-corrected chi connectivity index (χ4v) is 1.72. The molecule has 1 aromatic rings. The summed E-state index contributed by atoms with van der Waals surface area (Å²) in [5, 5.41) is 3.24. The highest BCUT2D eigenvalue weighted by Crippen LogP contribution is 2.21. The van der Waals surface area contributed by atoms with Crippen LogP contribution in [-0.4, -0.2) is 30.1 Å². The molecule has 3 N–H and O–H groups in total. The fraction of sp³-hybridized carbons (Fsp3) is 0.538. The number of nitrogens with zero attached hydrogens (tertiary/aromatic N) is 1. The van der Waals surface area contributed by atoms with Crippen LogP contribution in [-0.2, 0) is 0 Å². The zero-order chi connectivity index (χ0) is 13.7. The predicted molar refractivity (Wildman–Crippen MR) is 70.9 cm³/mol. The van der Waals surface area contributed by atoms with E-state index in [0.717, 1.165) is 12.2 Å². The summed E-state index contributed by atoms with van der Waals surface area (Å²) in [6, 6.07) is 2.15. The van der Waals surface area contributed by atoms with E-state index in [0.29, 0.717) is 29.7 Å². The van der Waals surface area contributed by atoms with E-state index in [1.54, 1.807) is 13.0 Å². The van der Waals surface area contributed by atoms with E-state index in [9.17, 15) is 4.79 Å². The highest BCUT2D eigenvalue weighted by atomic mass is 16.5. The Balaban J connectivity index is 2.77. The molecule has 0 atom stereocenters. The van der Waals surface area contributed by atoms with E-state index in [1.165, 1.54) is 0 Å². The summed E-state index contributed by atoms with van der Waals surface area (Å²) in [7, 11) is 0. The van der Waals surface area contributed by atoms with Gasteiger partial charge in [-0.25, -0.2) is 0 Å². The van der Waals surface area contributed by atoms with Crippen molar-refractivity contribution in [1.29, 1.82) is 0 Å². The molecule has 5 nitrogen and oxygen atoms in total. The predicted octanol–water partition coefficient (Wildman–Crippen LogP) is 1.17. The number of nitrogens with two attached hydrogens (primary N) is 1. The first-order valence-corrected chi connectivity index (χ1v) is 6.06. The average molecular weight is 251 g/mol. The van der Waals surface area contributed by atoms with Gasteiger partial charge in [0.1, 0.15) is 17.9 Å². The highest BCUT2D eigenvalue weighted by Gasteiger charge is 2.14. The van der Waals surface area contributed by atoms with Crippen LogP contribution in [0.1, 0.15) is 35.6 Å². The Kier molecular flexibility index (Phi) is 5.09. The maximum atomic E-state index is 11.4. The molecule has 1 rings (SSSR count). The standard InChI is InChI=1S/C13H21N3O2/c1-8(2)15-5-6-18-11-7-9(3)16-10(4)12(11)13(14)17/h7-8,15H,5-6H2,1-4H3,(H2,14,17). The minimum atomic E-state index is -0.508. The number of carbonyl (C=O) groups is 1. The summed E-state index contributed by atoms with van der Waals surface area (Å²) in [6.45, 7) is 8.95. The minimum Gasteiger partial charge on any atom is -0.491 e. The number of primary amides is 1. The number of hydrogen-bond acceptors (Lipinski definition) is 4. The van der Waals surface area contributed by atoms with Crippen LogP contribution in [0.2, 0.25) is 0 Å². The molecule has 0 bridgehead atoms. The highest BCUT2D eigenvalue weighted by molar-refractivity contribution is 5.96. The second-order valence-corrected chi connectivity index (χ2v) is 4.54. The molecular weight excluding hydrogens is 230 g/mol. The maximum Gasteiger partial charge on any atom is 0.254 e. The van der Waals surface area contributed by atoms with Gasteiger partial charge in [-0.2, -0.15) is 0 Å². The summed E-state index contributed by atoms with van der Waals surface area (Å²) in [5.74, 6) is 0.00451. The van der Waals surface area contributed by atoms with Gasteiger partial charge < -0.3 is 15.8 Å². The molecule has 0 aliphatic heterocycles. The molecule has 0 aliphatic rings. The molecule has 1 heterocycles. The van der Waals surface area contributed by atoms with Crippen LogP contribution in [0.5, 0.6) is 5.75 Å². The van der Waals surface area contributed by atoms with Crippen LogP contribution in [0.4, 0.5) is 0 Å². The first-order chi connectivity index (χ1) is 8.41. The molecule has 0 aliphatic carbocycles. The van der Waals surface area contributed by atoms with Crippen LogP contribution in [0, 0.1) is 13.8 Å². The molecule has 5 heteroatoms. The zero-order valence-corrected chi connectivity index (χ0v) is 11.4. The van der Waals surface area contributed by atoms with Crippen LogP contribution in [0.15, 0.2) is 6.07 Å². The van der Waals surface area contributed by atoms with Crippen molar-refractivity contribution in [3.63, 3.8) is 0 Å². The van der Waals surface area contributed by atoms with E-state index in [-0.39, 0.29) is 0 Å². The lowest BCUT2D eigenvalue weighted by Gasteiger charge is -2.13. The topological polar surface area (TPSA) is 77.2 Å². The van der Waals surface area contributed by atoms with Crippen LogP contribution in [0.3, 0.4) is 0 Å². The number of hydrogen-bond donors (Lipinski definition) is 2. The Morgan fingerprint density at radius 3 is 2.72 bits per heavy atom. The van der Waals surface area contributed by atoms with E-state index in [1.807, 2.05) is 6.92 Å². The first-order valence-electron chi connectivity index (χ1n) is 6.06. The van der Waals surface area contributed by atoms with Crippen molar-refractivity contribution in [2.24, 2.45) is 5.73 Å². The quantitative estimate of drug-likeness (QED) is 0.744. The Morgan fingerprint density at radius 1 is 1.50 bits per heavy atom. The number of amides is 1. The number of rotatable bonds is 6. The van der Waals surface area contributed by atoms with E-state index in [4.69, 9.17) is 10.5 Å². The summed E-state index contributed by atoms with van der Waals surface area (Å²) in [4.78, 5) is 15.6. The largest absolute Gasteiger partial charge is 0.491 e. The molecule has 0 saturated heterocycles. The molecule has 0 fully saturated rings. The molecule has 0 unspecified atom stereocenters. The van der Waals surface area contributed by atoms with Gasteiger partial charge >= 0.3 is 0 Å². The van der Waals surface area contributed by atoms with Crippen LogP contribution < -0.4 is 15.8 Å². The van der Waals surface area contributed by atoms with Gasteiger partial charge in [0, 0.05) is 24.3 Å². The number of carbonyl (C=O) groups excluding carboxylic acids is 1. The lowest BCUT2D eigenvalue weighted by molar-refractivity contribution is 0.0995. The molecule has 0 radical (unpaired) electrons. The third-order valence-electron chi connectivity index (χ3n) is 2.45. The summed E-state index contributed by atoms with van der Waals surface area (Å²) >= 11 is 0. The van der Waals surface area contributed by atoms with Crippen LogP contribution in [0.25, 0.3) is 0 Å². The van der Waals surface area contributed by atoms with E-state index >= 15 is 0 Å². The Bertz CT molecular complexity index is 430. The lowest BCUT2D eigenvalue weighted by atomic mass is 10.1. The molecule has 18 heavy (non-hydrogen) atoms. The van der Waals surface area contributed by atoms with Gasteiger partial charge in [0.25, 0.3) is 5.91 Å². The normalized spacial score (nSPS) is 10.7. The molecular formula is C13H21N3O2. The lowest BCUT2D eigenvalue weighted by Crippen LogP contribution is -2.28. The second-order valence-electron chi connectivity index (χ2n) is 4.54. The minimum absolute atomic E-state index is 0.366. The molecule has 0 aromatic carbocycles. The zero-order valence-electron chi connectivity index (χ0n) is 11.4. The molecule has 1 amide bonds. The van der Waals surface area contributed by atoms with Gasteiger partial charge in [-0.15, -0.1) is 0 Å². The Labute approximate surface area is 108 Å². The third-order valence-corrected chi connectivity index (χ3v) is 2.45. The molecule has 100 valence electrons. The third kappa shape index (κ3) is 4.00. The van der Waals surface area contributed by atoms with E-state index in [2.05, 4.69) is 24.1 Å². The fourth-order valence-electron chi connectivity index (χ4n) is 1.72. The Hall–Kier alpha value is -1.62. The number of aryl methyl sites for hydroxylation is 2. The van der Waals surface area contributed by atoms with Crippen molar-refractivity contribution in [2.75, 3.05) is 13.2 Å². The summed E-state index contributed by atoms with van der Waals surface area (Å²) in [5.41, 5.74) is 7.12. The van der Waals surface area contributed by atoms with Gasteiger partial charge in [-0.1, -0.05) is 13.8 Å². The summed E-state index contributed by atoms with van der Waals surface area (Å²) < 4.78 is 5.61. The molecule has 0 saturated carbocycles. The smallest absolute Gasteiger partial charge is 0.254 e. The van der Waals surface area contributed by atoms with Gasteiger partial charge in [0.2, 0.25) is 0 Å². The molecule has 0 spiro atoms. The van der Waals surface area contributed by atoms with Crippen molar-refractivity contribution < 1.29 is 9.53 Å². The average Bonchev–Trinajstić information content (AvgIpc) is 2.22. The number of pyridine rings is 1. The van der Waals surface area contributed by atoms with Crippen molar-refractivity contribution in [1.82, 2.24) is 10.3 Å². The monoisotopic (exact) mass is 251 g/mol. The van der Waals surface area contributed by atoms with Crippen molar-refractivity contribution in [3.8, 4) is 5.75 Å². The Morgan fingerprint density at radius 2 is 2.17 bits per heavy atom. The van der Waals surface area contributed by atoms with Gasteiger partial charge in [0.05, 0.1) is 5.69 Å². The van der Waals surface area contributed by atoms with Gasteiger partial charge in [0.15, 0.2) is 0 Å². The SMILES string of the molecule is Cc1cc(OCCNC(C)C)c(C(N)=O)c(C)n1. The number of ether oxygens (including phenoxy) is 1. The van der Waals surface area contributed by atoms with Crippen molar-refractivity contribution in [3.05, 3.63) is 23.0 Å². The van der Waals surface area contributed by atoms with Gasteiger partial charge in [-0.3, -0.25) is 9.78 Å². The summed E-state index contributed by atoms with van der Waals surface area (Å²) in [6.07, 6.45) is 0. The van der Waals surface area contributed by atoms with Crippen molar-refractivity contribution in [2.45, 2.75) is 33.7 Å². The number of aromatic nitrogens is 1. The van der Waals surface area contributed by atoms with E-state index < -0.39 is 5.91 Å². The first kappa shape index (κ1) is 14.4. The number of nitrogens with one attached hydrogen (secondary N) is 1. The van der Waals surface area contributed by atoms with Crippen molar-refractivity contribution >= 4 is 5.91 Å². The van der Waals surface area contributed by atoms with Gasteiger partial charge in [-0.05, 0) is 13.8 Å². The second kappa shape index (κ2) is 6.35. The molecule has 1 aromatic heterocycles.